The van der Waals surface area contributed by atoms with Crippen molar-refractivity contribution in [2.45, 2.75) is 37.2 Å². The molecule has 0 amide bonds. The van der Waals surface area contributed by atoms with Crippen LogP contribution in [0, 0.1) is 0 Å². The number of hydrogen-bond acceptors (Lipinski definition) is 2. The van der Waals surface area contributed by atoms with Crippen LogP contribution in [0.1, 0.15) is 19.8 Å². The normalized spacial score (nSPS) is 22.3. The molecule has 1 N–H and O–H groups in total. The van der Waals surface area contributed by atoms with Gasteiger partial charge in [-0.2, -0.15) is 0 Å². The predicted molar refractivity (Wildman–Crippen MR) is 91.0 cm³/mol. The van der Waals surface area contributed by atoms with E-state index in [-0.39, 0.29) is 0 Å². The van der Waals surface area contributed by atoms with Crippen LogP contribution >= 0.6 is 0 Å². The first-order valence-electron chi connectivity index (χ1n) is 7.61. The number of nitrogens with zero attached hydrogens (tertiary/aromatic N) is 1. The Hall–Kier alpha value is -1.28. The maximum atomic E-state index is 3.62. The third-order valence-electron chi connectivity index (χ3n) is 4.00. The molecule has 3 heteroatoms. The zero-order valence-corrected chi connectivity index (χ0v) is 14.1. The Morgan fingerprint density at radius 3 is 2.38 bits per heavy atom. The summed E-state index contributed by atoms with van der Waals surface area (Å²) in [5.74, 6) is 0. The van der Waals surface area contributed by atoms with E-state index in [1.807, 2.05) is 0 Å². The van der Waals surface area contributed by atoms with Crippen molar-refractivity contribution in [1.29, 1.82) is 0 Å². The van der Waals surface area contributed by atoms with Gasteiger partial charge in [0.15, 0.2) is 0 Å². The summed E-state index contributed by atoms with van der Waals surface area (Å²) in [5, 5.41) is 3.75. The molecule has 2 unspecified atom stereocenters. The molecule has 0 aliphatic carbocycles. The van der Waals surface area contributed by atoms with Crippen molar-refractivity contribution in [2.75, 3.05) is 5.43 Å². The van der Waals surface area contributed by atoms with Gasteiger partial charge in [0.05, 0.1) is 0 Å². The Morgan fingerprint density at radius 2 is 1.67 bits per heavy atom. The quantitative estimate of drug-likeness (QED) is 0.837. The number of benzene rings is 2. The Morgan fingerprint density at radius 1 is 1.00 bits per heavy atom. The second-order valence-corrected chi connectivity index (χ2v) is 7.88. The van der Waals surface area contributed by atoms with Crippen LogP contribution in [0.25, 0.3) is 0 Å². The van der Waals surface area contributed by atoms with E-state index in [0.29, 0.717) is 27.0 Å². The van der Waals surface area contributed by atoms with Crippen molar-refractivity contribution >= 4 is 25.1 Å². The maximum absolute atomic E-state index is 3.62. The van der Waals surface area contributed by atoms with Crippen molar-refractivity contribution in [1.82, 2.24) is 5.01 Å². The van der Waals surface area contributed by atoms with Crippen molar-refractivity contribution in [3.8, 4) is 0 Å². The summed E-state index contributed by atoms with van der Waals surface area (Å²) < 4.78 is 1.50. The van der Waals surface area contributed by atoms with Crippen LogP contribution in [0.5, 0.6) is 0 Å². The van der Waals surface area contributed by atoms with E-state index in [1.165, 1.54) is 28.3 Å². The fraction of sp³-hybridized carbons (Fsp3) is 0.333. The second kappa shape index (κ2) is 7.13. The number of nitrogens with one attached hydrogen (secondary N) is 1. The molecular formula is C18H22N2Se. The van der Waals surface area contributed by atoms with Crippen LogP contribution in [0.15, 0.2) is 60.7 Å². The summed E-state index contributed by atoms with van der Waals surface area (Å²) in [5.41, 5.74) is 4.82. The molecule has 0 spiro atoms. The van der Waals surface area contributed by atoms with Crippen LogP contribution in [-0.2, 0) is 0 Å². The third-order valence-corrected chi connectivity index (χ3v) is 6.43. The van der Waals surface area contributed by atoms with Gasteiger partial charge in [0.25, 0.3) is 0 Å². The average molecular weight is 345 g/mol. The molecule has 2 atom stereocenters. The van der Waals surface area contributed by atoms with Gasteiger partial charge in [-0.05, 0) is 0 Å². The molecule has 1 aliphatic heterocycles. The van der Waals surface area contributed by atoms with Crippen LogP contribution in [0.2, 0.25) is 5.32 Å². The van der Waals surface area contributed by atoms with Crippen molar-refractivity contribution in [3.05, 3.63) is 60.7 Å². The zero-order chi connectivity index (χ0) is 14.5. The first-order chi connectivity index (χ1) is 10.3. The zero-order valence-electron chi connectivity index (χ0n) is 12.4. The Bertz CT molecular complexity index is 544. The van der Waals surface area contributed by atoms with E-state index in [9.17, 15) is 0 Å². The summed E-state index contributed by atoms with van der Waals surface area (Å²) in [6.45, 7) is 2.32. The van der Waals surface area contributed by atoms with E-state index in [1.54, 1.807) is 0 Å². The van der Waals surface area contributed by atoms with Crippen LogP contribution in [0.4, 0.5) is 5.69 Å². The van der Waals surface area contributed by atoms with Gasteiger partial charge in [-0.25, -0.2) is 0 Å². The van der Waals surface area contributed by atoms with Gasteiger partial charge in [0, 0.05) is 0 Å². The average Bonchev–Trinajstić information content (AvgIpc) is 2.88. The molecule has 2 nitrogen and oxygen atoms in total. The molecule has 2 aromatic rings. The molecule has 3 rings (SSSR count). The Kier molecular flexibility index (Phi) is 4.97. The predicted octanol–water partition coefficient (Wildman–Crippen LogP) is 3.31. The third kappa shape index (κ3) is 3.88. The van der Waals surface area contributed by atoms with Gasteiger partial charge in [-0.1, -0.05) is 0 Å². The number of anilines is 1. The van der Waals surface area contributed by atoms with Crippen LogP contribution in [-0.4, -0.2) is 32.0 Å². The molecule has 21 heavy (non-hydrogen) atoms. The van der Waals surface area contributed by atoms with Crippen molar-refractivity contribution < 1.29 is 0 Å². The molecule has 0 bridgehead atoms. The van der Waals surface area contributed by atoms with Gasteiger partial charge >= 0.3 is 133 Å². The number of rotatable bonds is 5. The van der Waals surface area contributed by atoms with Gasteiger partial charge < -0.3 is 0 Å². The summed E-state index contributed by atoms with van der Waals surface area (Å²) in [6, 6.07) is 22.7. The summed E-state index contributed by atoms with van der Waals surface area (Å²) in [7, 11) is 0. The first-order valence-corrected chi connectivity index (χ1v) is 9.67. The number of para-hydroxylation sites is 1. The summed E-state index contributed by atoms with van der Waals surface area (Å²) in [4.78, 5) is 0. The van der Waals surface area contributed by atoms with E-state index in [0.717, 1.165) is 0 Å². The summed E-state index contributed by atoms with van der Waals surface area (Å²) >= 11 is 0.562. The van der Waals surface area contributed by atoms with Crippen LogP contribution in [0.3, 0.4) is 0 Å². The van der Waals surface area contributed by atoms with Gasteiger partial charge in [-0.15, -0.1) is 0 Å². The fourth-order valence-corrected chi connectivity index (χ4v) is 5.04. The van der Waals surface area contributed by atoms with Crippen molar-refractivity contribution in [3.63, 3.8) is 0 Å². The Labute approximate surface area is 133 Å². The number of hydrogen-bond donors (Lipinski definition) is 1. The van der Waals surface area contributed by atoms with Crippen LogP contribution < -0.4 is 9.89 Å². The van der Waals surface area contributed by atoms with E-state index in [2.05, 4.69) is 78.0 Å². The minimum atomic E-state index is 0.562. The standard InChI is InChI=1S/C18H22N2Se/c1-15-12-13-17(14-21-18-10-6-3-7-11-18)20(15)19-16-8-4-2-5-9-16/h2-11,15,17,19H,12-14H2,1H3. The topological polar surface area (TPSA) is 15.3 Å². The van der Waals surface area contributed by atoms with E-state index in [4.69, 9.17) is 0 Å². The molecule has 0 radical (unpaired) electrons. The number of hydrazine groups is 1. The molecule has 1 heterocycles. The SMILES string of the molecule is CC1CCC(C[Se]c2ccccc2)N1Nc1ccccc1. The molecule has 2 aromatic carbocycles. The second-order valence-electron chi connectivity index (χ2n) is 5.59. The van der Waals surface area contributed by atoms with Gasteiger partial charge in [-0.3, -0.25) is 0 Å². The molecule has 1 saturated heterocycles. The molecule has 0 saturated carbocycles. The minimum absolute atomic E-state index is 0.562. The van der Waals surface area contributed by atoms with Gasteiger partial charge in [0.1, 0.15) is 0 Å². The molecule has 1 fully saturated rings. The molecule has 110 valence electrons. The first kappa shape index (κ1) is 14.6. The monoisotopic (exact) mass is 346 g/mol. The van der Waals surface area contributed by atoms with E-state index >= 15 is 0 Å². The molecule has 1 aliphatic rings. The molecule has 0 aromatic heterocycles. The van der Waals surface area contributed by atoms with Crippen molar-refractivity contribution in [2.24, 2.45) is 0 Å². The van der Waals surface area contributed by atoms with Gasteiger partial charge in [0.2, 0.25) is 0 Å². The fourth-order valence-electron chi connectivity index (χ4n) is 2.81. The summed E-state index contributed by atoms with van der Waals surface area (Å²) in [6.07, 6.45) is 2.59. The molecular weight excluding hydrogens is 323 g/mol. The Balaban J connectivity index is 1.61. The van der Waals surface area contributed by atoms with E-state index < -0.39 is 0 Å².